The minimum Gasteiger partial charge on any atom is -0.496 e. The fourth-order valence-corrected chi connectivity index (χ4v) is 2.13. The van der Waals surface area contributed by atoms with Gasteiger partial charge in [0.15, 0.2) is 0 Å². The van der Waals surface area contributed by atoms with E-state index in [1.165, 1.54) is 24.0 Å². The average molecular weight is 219 g/mol. The third-order valence-corrected chi connectivity index (χ3v) is 3.10. The molecule has 1 aliphatic carbocycles. The van der Waals surface area contributed by atoms with Crippen LogP contribution in [-0.2, 0) is 6.42 Å². The van der Waals surface area contributed by atoms with Crippen LogP contribution in [0.2, 0.25) is 0 Å². The molecule has 1 aromatic rings. The predicted molar refractivity (Wildman–Crippen MR) is 67.1 cm³/mol. The molecule has 1 aliphatic rings. The molecular formula is C14H21NO. The van der Waals surface area contributed by atoms with Gasteiger partial charge in [-0.25, -0.2) is 0 Å². The lowest BCUT2D eigenvalue weighted by Crippen LogP contribution is -2.29. The molecule has 16 heavy (non-hydrogen) atoms. The first-order valence-electron chi connectivity index (χ1n) is 6.08. The highest BCUT2D eigenvalue weighted by molar-refractivity contribution is 5.36. The molecule has 1 fully saturated rings. The zero-order valence-corrected chi connectivity index (χ0v) is 10.4. The van der Waals surface area contributed by atoms with Crippen LogP contribution in [0.4, 0.5) is 0 Å². The van der Waals surface area contributed by atoms with Crippen LogP contribution in [0, 0.1) is 6.92 Å². The Bertz CT molecular complexity index is 358. The van der Waals surface area contributed by atoms with Gasteiger partial charge in [0.25, 0.3) is 0 Å². The summed E-state index contributed by atoms with van der Waals surface area (Å²) in [5.41, 5.74) is 2.61. The second-order valence-corrected chi connectivity index (χ2v) is 4.85. The monoisotopic (exact) mass is 219 g/mol. The van der Waals surface area contributed by atoms with Gasteiger partial charge in [0, 0.05) is 12.1 Å². The number of ether oxygens (including phenoxy) is 1. The number of aryl methyl sites for hydroxylation is 1. The van der Waals surface area contributed by atoms with Crippen LogP contribution in [0.3, 0.4) is 0 Å². The van der Waals surface area contributed by atoms with E-state index in [0.29, 0.717) is 6.04 Å². The van der Waals surface area contributed by atoms with Crippen LogP contribution >= 0.6 is 0 Å². The standard InChI is InChI=1S/C14H21NO/c1-10-8-12(4-7-14(10)16-3)9-11(2)15-13-5-6-13/h4,7-8,11,13,15H,5-6,9H2,1-3H3. The van der Waals surface area contributed by atoms with Gasteiger partial charge in [0.2, 0.25) is 0 Å². The normalized spacial score (nSPS) is 17.2. The molecule has 0 spiro atoms. The van der Waals surface area contributed by atoms with Crippen LogP contribution in [0.1, 0.15) is 30.9 Å². The van der Waals surface area contributed by atoms with Gasteiger partial charge in [0.05, 0.1) is 7.11 Å². The van der Waals surface area contributed by atoms with Gasteiger partial charge in [-0.2, -0.15) is 0 Å². The highest BCUT2D eigenvalue weighted by atomic mass is 16.5. The Hall–Kier alpha value is -1.02. The van der Waals surface area contributed by atoms with Gasteiger partial charge < -0.3 is 10.1 Å². The molecule has 0 amide bonds. The first-order valence-corrected chi connectivity index (χ1v) is 6.08. The summed E-state index contributed by atoms with van der Waals surface area (Å²) in [6, 6.07) is 7.81. The summed E-state index contributed by atoms with van der Waals surface area (Å²) in [7, 11) is 1.72. The number of benzene rings is 1. The Kier molecular flexibility index (Phi) is 3.49. The summed E-state index contributed by atoms with van der Waals surface area (Å²) in [5, 5.41) is 3.62. The SMILES string of the molecule is COc1ccc(CC(C)NC2CC2)cc1C. The molecule has 0 aromatic heterocycles. The Labute approximate surface area is 98.0 Å². The van der Waals surface area contributed by atoms with Gasteiger partial charge in [-0.15, -0.1) is 0 Å². The Balaban J connectivity index is 1.95. The maximum Gasteiger partial charge on any atom is 0.121 e. The quantitative estimate of drug-likeness (QED) is 0.822. The van der Waals surface area contributed by atoms with Gasteiger partial charge in [-0.1, -0.05) is 12.1 Å². The lowest BCUT2D eigenvalue weighted by molar-refractivity contribution is 0.411. The van der Waals surface area contributed by atoms with Crippen molar-refractivity contribution in [3.8, 4) is 5.75 Å². The number of rotatable bonds is 5. The molecule has 1 atom stereocenters. The molecule has 2 rings (SSSR count). The second-order valence-electron chi connectivity index (χ2n) is 4.85. The Morgan fingerprint density at radius 1 is 1.44 bits per heavy atom. The number of nitrogens with one attached hydrogen (secondary N) is 1. The van der Waals surface area contributed by atoms with E-state index in [1.807, 2.05) is 0 Å². The molecule has 0 heterocycles. The summed E-state index contributed by atoms with van der Waals surface area (Å²) in [5.74, 6) is 0.978. The maximum atomic E-state index is 5.26. The van der Waals surface area contributed by atoms with Crippen molar-refractivity contribution in [2.75, 3.05) is 7.11 Å². The van der Waals surface area contributed by atoms with Crippen molar-refractivity contribution in [2.45, 2.75) is 45.2 Å². The molecule has 0 saturated heterocycles. The summed E-state index contributed by atoms with van der Waals surface area (Å²) >= 11 is 0. The summed E-state index contributed by atoms with van der Waals surface area (Å²) in [4.78, 5) is 0. The second kappa shape index (κ2) is 4.88. The molecule has 0 bridgehead atoms. The van der Waals surface area contributed by atoms with Gasteiger partial charge in [0.1, 0.15) is 5.75 Å². The molecule has 1 aromatic carbocycles. The van der Waals surface area contributed by atoms with Crippen molar-refractivity contribution in [1.29, 1.82) is 0 Å². The van der Waals surface area contributed by atoms with Crippen molar-refractivity contribution < 1.29 is 4.74 Å². The minimum atomic E-state index is 0.570. The van der Waals surface area contributed by atoms with Crippen LogP contribution in [0.5, 0.6) is 5.75 Å². The number of methoxy groups -OCH3 is 1. The summed E-state index contributed by atoms with van der Waals surface area (Å²) in [6.45, 7) is 4.36. The predicted octanol–water partition coefficient (Wildman–Crippen LogP) is 2.69. The highest BCUT2D eigenvalue weighted by Gasteiger charge is 2.22. The molecule has 1 saturated carbocycles. The average Bonchev–Trinajstić information content (AvgIpc) is 3.01. The fourth-order valence-electron chi connectivity index (χ4n) is 2.13. The van der Waals surface area contributed by atoms with E-state index < -0.39 is 0 Å². The van der Waals surface area contributed by atoms with Crippen LogP contribution < -0.4 is 10.1 Å². The van der Waals surface area contributed by atoms with Crippen molar-refractivity contribution in [3.05, 3.63) is 29.3 Å². The van der Waals surface area contributed by atoms with E-state index in [4.69, 9.17) is 4.74 Å². The molecule has 2 heteroatoms. The van der Waals surface area contributed by atoms with E-state index in [9.17, 15) is 0 Å². The first kappa shape index (κ1) is 11.5. The molecule has 0 radical (unpaired) electrons. The Morgan fingerprint density at radius 3 is 2.75 bits per heavy atom. The van der Waals surface area contributed by atoms with E-state index in [0.717, 1.165) is 18.2 Å². The molecule has 88 valence electrons. The molecule has 0 aliphatic heterocycles. The smallest absolute Gasteiger partial charge is 0.121 e. The fraction of sp³-hybridized carbons (Fsp3) is 0.571. The minimum absolute atomic E-state index is 0.570. The number of hydrogen-bond donors (Lipinski definition) is 1. The van der Waals surface area contributed by atoms with Crippen molar-refractivity contribution in [1.82, 2.24) is 5.32 Å². The van der Waals surface area contributed by atoms with E-state index in [-0.39, 0.29) is 0 Å². The Morgan fingerprint density at radius 2 is 2.19 bits per heavy atom. The van der Waals surface area contributed by atoms with Crippen molar-refractivity contribution in [2.24, 2.45) is 0 Å². The highest BCUT2D eigenvalue weighted by Crippen LogP contribution is 2.22. The molecule has 1 unspecified atom stereocenters. The van der Waals surface area contributed by atoms with E-state index in [1.54, 1.807) is 7.11 Å². The summed E-state index contributed by atoms with van der Waals surface area (Å²) < 4.78 is 5.26. The summed E-state index contributed by atoms with van der Waals surface area (Å²) in [6.07, 6.45) is 3.80. The first-order chi connectivity index (χ1) is 7.69. The van der Waals surface area contributed by atoms with Gasteiger partial charge >= 0.3 is 0 Å². The van der Waals surface area contributed by atoms with E-state index >= 15 is 0 Å². The lowest BCUT2D eigenvalue weighted by Gasteiger charge is -2.14. The zero-order chi connectivity index (χ0) is 11.5. The zero-order valence-electron chi connectivity index (χ0n) is 10.4. The largest absolute Gasteiger partial charge is 0.496 e. The third-order valence-electron chi connectivity index (χ3n) is 3.10. The van der Waals surface area contributed by atoms with Crippen LogP contribution in [0.15, 0.2) is 18.2 Å². The van der Waals surface area contributed by atoms with Gasteiger partial charge in [-0.3, -0.25) is 0 Å². The molecule has 1 N–H and O–H groups in total. The van der Waals surface area contributed by atoms with Crippen molar-refractivity contribution in [3.63, 3.8) is 0 Å². The van der Waals surface area contributed by atoms with Crippen LogP contribution in [-0.4, -0.2) is 19.2 Å². The van der Waals surface area contributed by atoms with Crippen LogP contribution in [0.25, 0.3) is 0 Å². The topological polar surface area (TPSA) is 21.3 Å². The lowest BCUT2D eigenvalue weighted by atomic mass is 10.0. The number of hydrogen-bond acceptors (Lipinski definition) is 2. The van der Waals surface area contributed by atoms with Crippen molar-refractivity contribution >= 4 is 0 Å². The van der Waals surface area contributed by atoms with E-state index in [2.05, 4.69) is 37.4 Å². The maximum absolute atomic E-state index is 5.26. The molecular weight excluding hydrogens is 198 g/mol. The molecule has 2 nitrogen and oxygen atoms in total. The third kappa shape index (κ3) is 2.99. The van der Waals surface area contributed by atoms with Gasteiger partial charge in [-0.05, 0) is 50.3 Å².